The minimum Gasteiger partial charge on any atom is -0.374 e. The molecule has 0 fully saturated rings. The third-order valence-corrected chi connectivity index (χ3v) is 3.40. The van der Waals surface area contributed by atoms with Crippen LogP contribution in [0.5, 0.6) is 0 Å². The zero-order chi connectivity index (χ0) is 13.1. The van der Waals surface area contributed by atoms with E-state index in [1.165, 1.54) is 12.1 Å². The first kappa shape index (κ1) is 11.2. The first-order chi connectivity index (χ1) is 8.40. The Morgan fingerprint density at radius 2 is 2.06 bits per heavy atom. The molecule has 1 aliphatic heterocycles. The number of aryl methyl sites for hydroxylation is 2. The second-order valence-electron chi connectivity index (χ2n) is 5.31. The lowest BCUT2D eigenvalue weighted by atomic mass is 9.88. The summed E-state index contributed by atoms with van der Waals surface area (Å²) >= 11 is 0. The highest BCUT2D eigenvalue weighted by atomic mass is 19.1. The standard InChI is InChI=1S/C13H15FN4/c1-7-5-8(14)6-9-10(7)11-12(13(2,3)15-9)16-17-18(11)4/h5-6,15H,1-4H3. The molecule has 5 heteroatoms. The van der Waals surface area contributed by atoms with Gasteiger partial charge >= 0.3 is 0 Å². The Morgan fingerprint density at radius 1 is 1.33 bits per heavy atom. The summed E-state index contributed by atoms with van der Waals surface area (Å²) in [5, 5.41) is 11.6. The average molecular weight is 246 g/mol. The third-order valence-electron chi connectivity index (χ3n) is 3.40. The first-order valence-corrected chi connectivity index (χ1v) is 5.89. The Labute approximate surface area is 105 Å². The summed E-state index contributed by atoms with van der Waals surface area (Å²) < 4.78 is 15.3. The van der Waals surface area contributed by atoms with Crippen molar-refractivity contribution in [3.8, 4) is 11.3 Å². The number of nitrogens with zero attached hydrogens (tertiary/aromatic N) is 3. The average Bonchev–Trinajstić information content (AvgIpc) is 2.59. The summed E-state index contributed by atoms with van der Waals surface area (Å²) in [5.74, 6) is -0.229. The number of benzene rings is 1. The van der Waals surface area contributed by atoms with Crippen LogP contribution in [0.15, 0.2) is 12.1 Å². The van der Waals surface area contributed by atoms with Crippen LogP contribution >= 0.6 is 0 Å². The monoisotopic (exact) mass is 246 g/mol. The van der Waals surface area contributed by atoms with Crippen LogP contribution in [-0.2, 0) is 12.6 Å². The molecule has 0 radical (unpaired) electrons. The van der Waals surface area contributed by atoms with Gasteiger partial charge in [-0.3, -0.25) is 0 Å². The molecular formula is C13H15FN4. The van der Waals surface area contributed by atoms with E-state index in [0.29, 0.717) is 0 Å². The first-order valence-electron chi connectivity index (χ1n) is 5.89. The molecule has 1 aliphatic rings. The van der Waals surface area contributed by atoms with Crippen LogP contribution in [0.2, 0.25) is 0 Å². The highest BCUT2D eigenvalue weighted by molar-refractivity contribution is 5.84. The van der Waals surface area contributed by atoms with Gasteiger partial charge in [-0.1, -0.05) is 5.21 Å². The van der Waals surface area contributed by atoms with Crippen LogP contribution < -0.4 is 5.32 Å². The van der Waals surface area contributed by atoms with E-state index >= 15 is 0 Å². The van der Waals surface area contributed by atoms with Crippen molar-refractivity contribution in [1.82, 2.24) is 15.0 Å². The molecule has 0 amide bonds. The quantitative estimate of drug-likeness (QED) is 0.777. The van der Waals surface area contributed by atoms with Crippen LogP contribution in [-0.4, -0.2) is 15.0 Å². The summed E-state index contributed by atoms with van der Waals surface area (Å²) in [5.41, 5.74) is 4.18. The second-order valence-corrected chi connectivity index (χ2v) is 5.31. The molecule has 1 aromatic heterocycles. The molecule has 2 heterocycles. The molecule has 3 rings (SSSR count). The predicted molar refractivity (Wildman–Crippen MR) is 67.8 cm³/mol. The van der Waals surface area contributed by atoms with Crippen molar-refractivity contribution in [2.24, 2.45) is 7.05 Å². The largest absolute Gasteiger partial charge is 0.374 e. The number of nitrogens with one attached hydrogen (secondary N) is 1. The van der Waals surface area contributed by atoms with E-state index in [0.717, 1.165) is 28.2 Å². The smallest absolute Gasteiger partial charge is 0.125 e. The topological polar surface area (TPSA) is 42.7 Å². The van der Waals surface area contributed by atoms with Crippen LogP contribution in [0.25, 0.3) is 11.3 Å². The number of aromatic nitrogens is 3. The van der Waals surface area contributed by atoms with Gasteiger partial charge in [0.2, 0.25) is 0 Å². The Kier molecular flexibility index (Phi) is 2.06. The number of anilines is 1. The maximum atomic E-state index is 13.5. The molecule has 0 spiro atoms. The highest BCUT2D eigenvalue weighted by Gasteiger charge is 2.35. The van der Waals surface area contributed by atoms with Gasteiger partial charge in [0.1, 0.15) is 11.5 Å². The van der Waals surface area contributed by atoms with Crippen LogP contribution in [0.1, 0.15) is 25.1 Å². The lowest BCUT2D eigenvalue weighted by Crippen LogP contribution is -2.32. The van der Waals surface area contributed by atoms with Crippen molar-refractivity contribution in [2.45, 2.75) is 26.3 Å². The molecule has 0 atom stereocenters. The van der Waals surface area contributed by atoms with Gasteiger partial charge in [0.25, 0.3) is 0 Å². The van der Waals surface area contributed by atoms with E-state index in [1.807, 2.05) is 27.8 Å². The van der Waals surface area contributed by atoms with E-state index in [1.54, 1.807) is 4.68 Å². The van der Waals surface area contributed by atoms with Gasteiger partial charge in [0.15, 0.2) is 0 Å². The van der Waals surface area contributed by atoms with Crippen LogP contribution in [0.4, 0.5) is 10.1 Å². The molecule has 0 unspecified atom stereocenters. The van der Waals surface area contributed by atoms with Gasteiger partial charge in [0, 0.05) is 18.3 Å². The van der Waals surface area contributed by atoms with Crippen molar-refractivity contribution in [3.05, 3.63) is 29.2 Å². The van der Waals surface area contributed by atoms with E-state index in [-0.39, 0.29) is 11.4 Å². The molecule has 4 nitrogen and oxygen atoms in total. The fourth-order valence-electron chi connectivity index (χ4n) is 2.61. The van der Waals surface area contributed by atoms with E-state index in [4.69, 9.17) is 0 Å². The maximum Gasteiger partial charge on any atom is 0.125 e. The van der Waals surface area contributed by atoms with Crippen molar-refractivity contribution in [1.29, 1.82) is 0 Å². The van der Waals surface area contributed by atoms with Gasteiger partial charge < -0.3 is 5.32 Å². The summed E-state index contributed by atoms with van der Waals surface area (Å²) in [4.78, 5) is 0. The summed E-state index contributed by atoms with van der Waals surface area (Å²) in [6.45, 7) is 5.94. The van der Waals surface area contributed by atoms with Crippen molar-refractivity contribution in [2.75, 3.05) is 5.32 Å². The summed E-state index contributed by atoms with van der Waals surface area (Å²) in [6, 6.07) is 3.07. The number of fused-ring (bicyclic) bond motifs is 3. The third kappa shape index (κ3) is 1.36. The Bertz CT molecular complexity index is 643. The fraction of sp³-hybridized carbons (Fsp3) is 0.385. The molecule has 0 aliphatic carbocycles. The Morgan fingerprint density at radius 3 is 2.78 bits per heavy atom. The maximum absolute atomic E-state index is 13.5. The number of hydrogen-bond donors (Lipinski definition) is 1. The van der Waals surface area contributed by atoms with E-state index < -0.39 is 0 Å². The second kappa shape index (κ2) is 3.31. The lowest BCUT2D eigenvalue weighted by molar-refractivity contribution is 0.578. The number of halogens is 1. The predicted octanol–water partition coefficient (Wildman–Crippen LogP) is 2.59. The molecule has 94 valence electrons. The van der Waals surface area contributed by atoms with Crippen molar-refractivity contribution in [3.63, 3.8) is 0 Å². The Hall–Kier alpha value is -1.91. The minimum absolute atomic E-state index is 0.229. The van der Waals surface area contributed by atoms with Gasteiger partial charge in [-0.25, -0.2) is 9.07 Å². The summed E-state index contributed by atoms with van der Waals surface area (Å²) in [7, 11) is 1.86. The fourth-order valence-corrected chi connectivity index (χ4v) is 2.61. The lowest BCUT2D eigenvalue weighted by Gasteiger charge is -2.33. The Balaban J connectivity index is 2.39. The molecule has 0 saturated heterocycles. The van der Waals surface area contributed by atoms with Gasteiger partial charge in [0.05, 0.1) is 11.2 Å². The molecule has 2 aromatic rings. The van der Waals surface area contributed by atoms with Crippen molar-refractivity contribution < 1.29 is 4.39 Å². The van der Waals surface area contributed by atoms with Crippen molar-refractivity contribution >= 4 is 5.69 Å². The molecule has 1 aromatic carbocycles. The molecule has 1 N–H and O–H groups in total. The zero-order valence-corrected chi connectivity index (χ0v) is 10.9. The molecular weight excluding hydrogens is 231 g/mol. The van der Waals surface area contributed by atoms with Crippen LogP contribution in [0, 0.1) is 12.7 Å². The normalized spacial score (nSPS) is 15.8. The summed E-state index contributed by atoms with van der Waals surface area (Å²) in [6.07, 6.45) is 0. The number of hydrogen-bond acceptors (Lipinski definition) is 3. The van der Waals surface area contributed by atoms with Crippen LogP contribution in [0.3, 0.4) is 0 Å². The minimum atomic E-state index is -0.350. The SMILES string of the molecule is Cc1cc(F)cc2c1-c1c(nnn1C)C(C)(C)N2. The zero-order valence-electron chi connectivity index (χ0n) is 10.9. The molecule has 0 bridgehead atoms. The van der Waals surface area contributed by atoms with E-state index in [9.17, 15) is 4.39 Å². The molecule has 18 heavy (non-hydrogen) atoms. The number of rotatable bonds is 0. The van der Waals surface area contributed by atoms with Gasteiger partial charge in [-0.2, -0.15) is 0 Å². The van der Waals surface area contributed by atoms with Gasteiger partial charge in [-0.15, -0.1) is 5.10 Å². The molecule has 0 saturated carbocycles. The highest BCUT2D eigenvalue weighted by Crippen LogP contribution is 2.43. The van der Waals surface area contributed by atoms with Gasteiger partial charge in [-0.05, 0) is 38.5 Å². The van der Waals surface area contributed by atoms with E-state index in [2.05, 4.69) is 15.6 Å².